The van der Waals surface area contributed by atoms with Gasteiger partial charge in [-0.1, -0.05) is 12.1 Å². The highest BCUT2D eigenvalue weighted by atomic mass is 35.5. The lowest BCUT2D eigenvalue weighted by Crippen LogP contribution is -2.39. The van der Waals surface area contributed by atoms with Crippen molar-refractivity contribution >= 4 is 18.3 Å². The third-order valence-electron chi connectivity index (χ3n) is 5.22. The molecule has 2 aliphatic rings. The van der Waals surface area contributed by atoms with Gasteiger partial charge in [-0.25, -0.2) is 4.39 Å². The Labute approximate surface area is 158 Å². The van der Waals surface area contributed by atoms with Crippen LogP contribution in [0.5, 0.6) is 0 Å². The number of benzene rings is 1. The van der Waals surface area contributed by atoms with E-state index in [1.807, 2.05) is 0 Å². The van der Waals surface area contributed by atoms with Crippen LogP contribution in [0.15, 0.2) is 18.2 Å². The average molecular weight is 380 g/mol. The minimum Gasteiger partial charge on any atom is -0.339 e. The summed E-state index contributed by atoms with van der Waals surface area (Å²) in [5, 5.41) is 12.0. The number of aryl methyl sites for hydroxylation is 1. The number of likely N-dealkylation sites (tertiary alicyclic amines) is 1. The van der Waals surface area contributed by atoms with Crippen molar-refractivity contribution in [2.45, 2.75) is 38.8 Å². The highest BCUT2D eigenvalue weighted by Gasteiger charge is 2.30. The zero-order valence-corrected chi connectivity index (χ0v) is 15.6. The van der Waals surface area contributed by atoms with E-state index in [1.54, 1.807) is 30.0 Å². The fourth-order valence-electron chi connectivity index (χ4n) is 3.74. The molecule has 2 aromatic rings. The molecule has 1 aromatic heterocycles. The van der Waals surface area contributed by atoms with E-state index >= 15 is 0 Å². The number of halogens is 2. The molecule has 0 bridgehead atoms. The summed E-state index contributed by atoms with van der Waals surface area (Å²) in [5.41, 5.74) is 0.675. The number of hydrogen-bond acceptors (Lipinski definition) is 4. The standard InChI is InChI=1S/C18H22FN5O.ClH/c1-12-3-2-4-14(16(12)19)18(25)23-8-5-13(6-9-23)17-22-21-15-11-20-7-10-24(15)17;/h2-4,13,20H,5-11H2,1H3;1H. The minimum absolute atomic E-state index is 0. The lowest BCUT2D eigenvalue weighted by molar-refractivity contribution is 0.0705. The Bertz CT molecular complexity index is 801. The Morgan fingerprint density at radius 1 is 1.23 bits per heavy atom. The average Bonchev–Trinajstić information content (AvgIpc) is 3.08. The van der Waals surface area contributed by atoms with Crippen molar-refractivity contribution in [1.82, 2.24) is 25.0 Å². The molecule has 0 radical (unpaired) electrons. The first-order valence-electron chi connectivity index (χ1n) is 8.82. The lowest BCUT2D eigenvalue weighted by atomic mass is 9.95. The number of amides is 1. The van der Waals surface area contributed by atoms with Crippen molar-refractivity contribution in [3.8, 4) is 0 Å². The van der Waals surface area contributed by atoms with E-state index in [0.29, 0.717) is 24.6 Å². The van der Waals surface area contributed by atoms with Crippen LogP contribution in [0.25, 0.3) is 0 Å². The molecule has 0 unspecified atom stereocenters. The van der Waals surface area contributed by atoms with Crippen molar-refractivity contribution in [3.63, 3.8) is 0 Å². The minimum atomic E-state index is -0.409. The second-order valence-corrected chi connectivity index (χ2v) is 6.81. The predicted octanol–water partition coefficient (Wildman–Crippen LogP) is 2.27. The Morgan fingerprint density at radius 2 is 2.00 bits per heavy atom. The summed E-state index contributed by atoms with van der Waals surface area (Å²) >= 11 is 0. The highest BCUT2D eigenvalue weighted by Crippen LogP contribution is 2.29. The molecular weight excluding hydrogens is 357 g/mol. The summed E-state index contributed by atoms with van der Waals surface area (Å²) in [5.74, 6) is 1.71. The van der Waals surface area contributed by atoms with E-state index in [-0.39, 0.29) is 23.9 Å². The van der Waals surface area contributed by atoms with Crippen molar-refractivity contribution < 1.29 is 9.18 Å². The van der Waals surface area contributed by atoms with E-state index in [4.69, 9.17) is 0 Å². The molecule has 1 amide bonds. The maximum Gasteiger partial charge on any atom is 0.256 e. The van der Waals surface area contributed by atoms with Gasteiger partial charge in [-0.2, -0.15) is 0 Å². The molecule has 2 aliphatic heterocycles. The molecule has 0 spiro atoms. The second kappa shape index (κ2) is 7.72. The van der Waals surface area contributed by atoms with E-state index in [1.165, 1.54) is 0 Å². The van der Waals surface area contributed by atoms with Crippen molar-refractivity contribution in [1.29, 1.82) is 0 Å². The zero-order valence-electron chi connectivity index (χ0n) is 14.7. The number of carbonyl (C=O) groups is 1. The third-order valence-corrected chi connectivity index (χ3v) is 5.22. The molecule has 1 N–H and O–H groups in total. The quantitative estimate of drug-likeness (QED) is 0.869. The molecule has 0 saturated carbocycles. The number of rotatable bonds is 2. The van der Waals surface area contributed by atoms with Crippen LogP contribution in [0.1, 0.15) is 46.3 Å². The molecule has 26 heavy (non-hydrogen) atoms. The van der Waals surface area contributed by atoms with E-state index in [0.717, 1.165) is 44.1 Å². The zero-order chi connectivity index (χ0) is 17.4. The summed E-state index contributed by atoms with van der Waals surface area (Å²) in [6.07, 6.45) is 1.68. The number of carbonyl (C=O) groups excluding carboxylic acids is 1. The molecule has 0 aliphatic carbocycles. The van der Waals surface area contributed by atoms with Crippen LogP contribution in [0.4, 0.5) is 4.39 Å². The van der Waals surface area contributed by atoms with E-state index in [9.17, 15) is 9.18 Å². The van der Waals surface area contributed by atoms with Gasteiger partial charge in [0.15, 0.2) is 0 Å². The summed E-state index contributed by atoms with van der Waals surface area (Å²) in [6, 6.07) is 4.98. The third kappa shape index (κ3) is 3.33. The van der Waals surface area contributed by atoms with Crippen LogP contribution in [0.3, 0.4) is 0 Å². The Hall–Kier alpha value is -1.99. The van der Waals surface area contributed by atoms with Gasteiger partial charge in [-0.05, 0) is 31.4 Å². The Balaban J connectivity index is 0.00000196. The largest absolute Gasteiger partial charge is 0.339 e. The van der Waals surface area contributed by atoms with Gasteiger partial charge in [-0.3, -0.25) is 4.79 Å². The predicted molar refractivity (Wildman–Crippen MR) is 98.0 cm³/mol. The van der Waals surface area contributed by atoms with Crippen molar-refractivity contribution in [2.24, 2.45) is 0 Å². The first kappa shape index (κ1) is 18.8. The van der Waals surface area contributed by atoms with Gasteiger partial charge in [0.05, 0.1) is 12.1 Å². The topological polar surface area (TPSA) is 63.1 Å². The van der Waals surface area contributed by atoms with Crippen LogP contribution in [-0.4, -0.2) is 45.2 Å². The molecule has 1 aromatic carbocycles. The molecule has 8 heteroatoms. The van der Waals surface area contributed by atoms with Gasteiger partial charge >= 0.3 is 0 Å². The molecule has 3 heterocycles. The number of nitrogens with zero attached hydrogens (tertiary/aromatic N) is 4. The number of nitrogens with one attached hydrogen (secondary N) is 1. The van der Waals surface area contributed by atoms with E-state index < -0.39 is 5.82 Å². The number of aromatic nitrogens is 3. The van der Waals surface area contributed by atoms with E-state index in [2.05, 4.69) is 20.1 Å². The molecular formula is C18H23ClFN5O. The monoisotopic (exact) mass is 379 g/mol. The number of piperidine rings is 1. The Morgan fingerprint density at radius 3 is 2.77 bits per heavy atom. The summed E-state index contributed by atoms with van der Waals surface area (Å²) < 4.78 is 16.4. The van der Waals surface area contributed by atoms with Gasteiger partial charge in [0.25, 0.3) is 5.91 Å². The summed E-state index contributed by atoms with van der Waals surface area (Å²) in [6.45, 7) is 5.51. The Kier molecular flexibility index (Phi) is 5.58. The fourth-order valence-corrected chi connectivity index (χ4v) is 3.74. The molecule has 1 fully saturated rings. The van der Waals surface area contributed by atoms with Gasteiger partial charge < -0.3 is 14.8 Å². The highest BCUT2D eigenvalue weighted by molar-refractivity contribution is 5.94. The lowest BCUT2D eigenvalue weighted by Gasteiger charge is -2.32. The fraction of sp³-hybridized carbons (Fsp3) is 0.500. The summed E-state index contributed by atoms with van der Waals surface area (Å²) in [4.78, 5) is 14.4. The first-order chi connectivity index (χ1) is 12.1. The van der Waals surface area contributed by atoms with Crippen LogP contribution < -0.4 is 5.32 Å². The molecule has 140 valence electrons. The van der Waals surface area contributed by atoms with Gasteiger partial charge in [0.2, 0.25) is 0 Å². The van der Waals surface area contributed by atoms with Crippen molar-refractivity contribution in [2.75, 3.05) is 19.6 Å². The van der Waals surface area contributed by atoms with Crippen LogP contribution in [0.2, 0.25) is 0 Å². The van der Waals surface area contributed by atoms with Crippen LogP contribution >= 0.6 is 12.4 Å². The smallest absolute Gasteiger partial charge is 0.256 e. The summed E-state index contributed by atoms with van der Waals surface area (Å²) in [7, 11) is 0. The molecule has 4 rings (SSSR count). The first-order valence-corrected chi connectivity index (χ1v) is 8.82. The molecule has 0 atom stereocenters. The van der Waals surface area contributed by atoms with Gasteiger partial charge in [-0.15, -0.1) is 22.6 Å². The van der Waals surface area contributed by atoms with Crippen molar-refractivity contribution in [3.05, 3.63) is 46.8 Å². The van der Waals surface area contributed by atoms with Crippen LogP contribution in [0, 0.1) is 12.7 Å². The molecule has 1 saturated heterocycles. The number of fused-ring (bicyclic) bond motifs is 1. The number of hydrogen-bond donors (Lipinski definition) is 1. The SMILES string of the molecule is Cc1cccc(C(=O)N2CCC(c3nnc4n3CCNC4)CC2)c1F.Cl. The second-order valence-electron chi connectivity index (χ2n) is 6.81. The normalized spacial score (nSPS) is 17.5. The maximum atomic E-state index is 14.2. The maximum absolute atomic E-state index is 14.2. The van der Waals surface area contributed by atoms with Crippen LogP contribution in [-0.2, 0) is 13.1 Å². The van der Waals surface area contributed by atoms with Gasteiger partial charge in [0, 0.05) is 32.1 Å². The molecule has 6 nitrogen and oxygen atoms in total. The van der Waals surface area contributed by atoms with Gasteiger partial charge in [0.1, 0.15) is 17.5 Å².